The van der Waals surface area contributed by atoms with Crippen molar-refractivity contribution in [2.45, 2.75) is 65.8 Å². The Morgan fingerprint density at radius 1 is 0.842 bits per heavy atom. The van der Waals surface area contributed by atoms with Crippen LogP contribution in [0.5, 0.6) is 0 Å². The van der Waals surface area contributed by atoms with Crippen molar-refractivity contribution in [1.82, 2.24) is 30.8 Å². The van der Waals surface area contributed by atoms with Gasteiger partial charge in [0.15, 0.2) is 5.78 Å². The van der Waals surface area contributed by atoms with E-state index in [1.807, 2.05) is 88.4 Å². The highest BCUT2D eigenvalue weighted by atomic mass is 16.5. The van der Waals surface area contributed by atoms with E-state index in [2.05, 4.69) is 26.0 Å². The van der Waals surface area contributed by atoms with Gasteiger partial charge >= 0.3 is 6.09 Å². The van der Waals surface area contributed by atoms with Crippen LogP contribution in [-0.4, -0.2) is 50.1 Å². The topological polar surface area (TPSA) is 128 Å². The first-order valence-corrected chi connectivity index (χ1v) is 12.8. The van der Waals surface area contributed by atoms with E-state index < -0.39 is 24.1 Å². The fourth-order valence-corrected chi connectivity index (χ4v) is 3.89. The number of aromatic nitrogens is 4. The van der Waals surface area contributed by atoms with Crippen LogP contribution in [0.2, 0.25) is 0 Å². The minimum atomic E-state index is -0.852. The van der Waals surface area contributed by atoms with Crippen LogP contribution in [0.1, 0.15) is 46.1 Å². The number of hydrogen-bond acceptors (Lipinski definition) is 7. The average molecular weight is 521 g/mol. The Morgan fingerprint density at radius 3 is 2.08 bits per heavy atom. The van der Waals surface area contributed by atoms with Crippen LogP contribution in [0.3, 0.4) is 0 Å². The van der Waals surface area contributed by atoms with Crippen LogP contribution in [-0.2, 0) is 27.5 Å². The third-order valence-corrected chi connectivity index (χ3v) is 5.72. The molecule has 0 aliphatic carbocycles. The van der Waals surface area contributed by atoms with Gasteiger partial charge in [0.2, 0.25) is 11.7 Å². The van der Waals surface area contributed by atoms with Crippen LogP contribution >= 0.6 is 0 Å². The largest absolute Gasteiger partial charge is 0.445 e. The first kappa shape index (κ1) is 28.5. The highest BCUT2D eigenvalue weighted by Crippen LogP contribution is 2.13. The van der Waals surface area contributed by atoms with Gasteiger partial charge in [0.25, 0.3) is 0 Å². The quantitative estimate of drug-likeness (QED) is 0.351. The Hall–Kier alpha value is -4.08. The molecule has 10 nitrogen and oxygen atoms in total. The van der Waals surface area contributed by atoms with Gasteiger partial charge in [-0.15, -0.1) is 10.2 Å². The number of nitrogens with one attached hydrogen (secondary N) is 2. The molecule has 3 aromatic rings. The normalized spacial score (nSPS) is 12.7. The maximum atomic E-state index is 13.2. The molecule has 0 aliphatic heterocycles. The number of tetrazole rings is 1. The summed E-state index contributed by atoms with van der Waals surface area (Å²) in [5.41, 5.74) is 1.63. The monoisotopic (exact) mass is 520 g/mol. The van der Waals surface area contributed by atoms with Gasteiger partial charge in [0, 0.05) is 5.56 Å². The third-order valence-electron chi connectivity index (χ3n) is 5.72. The second-order valence-electron chi connectivity index (χ2n) is 10.1. The lowest BCUT2D eigenvalue weighted by molar-refractivity contribution is -0.130. The maximum absolute atomic E-state index is 13.2. The molecule has 0 bridgehead atoms. The summed E-state index contributed by atoms with van der Waals surface area (Å²) in [7, 11) is 0. The molecule has 2 amide bonds. The first-order valence-electron chi connectivity index (χ1n) is 12.8. The second-order valence-corrected chi connectivity index (χ2v) is 10.1. The molecule has 0 spiro atoms. The highest BCUT2D eigenvalue weighted by Gasteiger charge is 2.29. The molecule has 2 atom stereocenters. The lowest BCUT2D eigenvalue weighted by Gasteiger charge is -2.24. The molecule has 0 fully saturated rings. The number of amides is 2. The lowest BCUT2D eigenvalue weighted by Crippen LogP contribution is -2.52. The van der Waals surface area contributed by atoms with Crippen LogP contribution in [0, 0.1) is 11.8 Å². The van der Waals surface area contributed by atoms with E-state index >= 15 is 0 Å². The number of alkyl carbamates (subject to hydrolysis) is 1. The molecule has 38 heavy (non-hydrogen) atoms. The molecule has 202 valence electrons. The smallest absolute Gasteiger partial charge is 0.408 e. The molecule has 0 radical (unpaired) electrons. The Kier molecular flexibility index (Phi) is 10.5. The van der Waals surface area contributed by atoms with Crippen molar-refractivity contribution >= 4 is 17.8 Å². The van der Waals surface area contributed by atoms with E-state index in [1.54, 1.807) is 0 Å². The van der Waals surface area contributed by atoms with Crippen LogP contribution < -0.4 is 10.6 Å². The number of ether oxygens (including phenoxy) is 1. The Balaban J connectivity index is 1.64. The van der Waals surface area contributed by atoms with Crippen molar-refractivity contribution < 1.29 is 19.1 Å². The summed E-state index contributed by atoms with van der Waals surface area (Å²) >= 11 is 0. The van der Waals surface area contributed by atoms with Gasteiger partial charge in [-0.2, -0.15) is 4.80 Å². The molecule has 0 aliphatic rings. The van der Waals surface area contributed by atoms with Crippen LogP contribution in [0.4, 0.5) is 4.79 Å². The van der Waals surface area contributed by atoms with Gasteiger partial charge in [0.05, 0.1) is 6.04 Å². The molecule has 1 heterocycles. The summed E-state index contributed by atoms with van der Waals surface area (Å²) in [5, 5.41) is 17.8. The SMILES string of the molecule is CC(C)C[C@H](NC(=O)[C@H](CC(C)C)NC(=O)OCc1ccccc1)C(=O)Cn1nnc(-c2ccccc2)n1. The molecule has 0 unspecified atom stereocenters. The predicted molar refractivity (Wildman–Crippen MR) is 143 cm³/mol. The fraction of sp³-hybridized carbons (Fsp3) is 0.429. The molecule has 3 rings (SSSR count). The number of carbonyl (C=O) groups excluding carboxylic acids is 3. The van der Waals surface area contributed by atoms with Crippen LogP contribution in [0.25, 0.3) is 11.4 Å². The number of hydrogen-bond donors (Lipinski definition) is 2. The number of nitrogens with zero attached hydrogens (tertiary/aromatic N) is 4. The molecule has 0 saturated heterocycles. The van der Waals surface area contributed by atoms with Gasteiger partial charge in [-0.1, -0.05) is 88.4 Å². The average Bonchev–Trinajstić information content (AvgIpc) is 3.35. The van der Waals surface area contributed by atoms with Crippen LogP contribution in [0.15, 0.2) is 60.7 Å². The standard InChI is InChI=1S/C28H36N6O4/c1-19(2)15-23(25(35)17-34-32-26(31-33-34)22-13-9-6-10-14-22)29-27(36)24(16-20(3)4)30-28(37)38-18-21-11-7-5-8-12-21/h5-14,19-20,23-24H,15-18H2,1-4H3,(H,29,36)(H,30,37)/t23-,24-/m0/s1. The minimum absolute atomic E-state index is 0.0903. The molecular weight excluding hydrogens is 484 g/mol. The van der Waals surface area contributed by atoms with E-state index in [0.717, 1.165) is 11.1 Å². The highest BCUT2D eigenvalue weighted by molar-refractivity contribution is 5.92. The van der Waals surface area contributed by atoms with E-state index in [4.69, 9.17) is 4.74 Å². The first-order chi connectivity index (χ1) is 18.2. The van der Waals surface area contributed by atoms with Crippen molar-refractivity contribution in [1.29, 1.82) is 0 Å². The molecule has 2 N–H and O–H groups in total. The zero-order chi connectivity index (χ0) is 27.5. The van der Waals surface area contributed by atoms with E-state index in [0.29, 0.717) is 18.7 Å². The number of Topliss-reactive ketones (excluding diaryl/α,β-unsaturated/α-hetero) is 1. The summed E-state index contributed by atoms with van der Waals surface area (Å²) in [5.74, 6) is -0.0154. The zero-order valence-electron chi connectivity index (χ0n) is 22.3. The summed E-state index contributed by atoms with van der Waals surface area (Å²) < 4.78 is 5.30. The summed E-state index contributed by atoms with van der Waals surface area (Å²) in [6.07, 6.45) is 0.124. The van der Waals surface area contributed by atoms with Crippen molar-refractivity contribution in [2.75, 3.05) is 0 Å². The van der Waals surface area contributed by atoms with E-state index in [1.165, 1.54) is 4.80 Å². The second kappa shape index (κ2) is 14.0. The molecule has 0 saturated carbocycles. The Bertz CT molecular complexity index is 1180. The Morgan fingerprint density at radius 2 is 1.45 bits per heavy atom. The fourth-order valence-electron chi connectivity index (χ4n) is 3.89. The van der Waals surface area contributed by atoms with Crippen molar-refractivity contribution in [3.05, 3.63) is 66.2 Å². The molecule has 2 aromatic carbocycles. The minimum Gasteiger partial charge on any atom is -0.445 e. The van der Waals surface area contributed by atoms with E-state index in [-0.39, 0.29) is 30.8 Å². The molecule has 1 aromatic heterocycles. The lowest BCUT2D eigenvalue weighted by atomic mass is 9.98. The Labute approximate surface area is 223 Å². The van der Waals surface area contributed by atoms with Crippen molar-refractivity contribution in [3.63, 3.8) is 0 Å². The van der Waals surface area contributed by atoms with Gasteiger partial charge in [0.1, 0.15) is 19.2 Å². The van der Waals surface area contributed by atoms with Gasteiger partial charge < -0.3 is 15.4 Å². The number of carbonyl (C=O) groups is 3. The molecule has 10 heteroatoms. The number of ketones is 1. The van der Waals surface area contributed by atoms with Gasteiger partial charge in [-0.05, 0) is 35.5 Å². The maximum Gasteiger partial charge on any atom is 0.408 e. The summed E-state index contributed by atoms with van der Waals surface area (Å²) in [4.78, 5) is 40.1. The van der Waals surface area contributed by atoms with Gasteiger partial charge in [-0.25, -0.2) is 4.79 Å². The summed E-state index contributed by atoms with van der Waals surface area (Å²) in [6.45, 7) is 7.80. The third kappa shape index (κ3) is 9.10. The van der Waals surface area contributed by atoms with Crippen molar-refractivity contribution in [3.8, 4) is 11.4 Å². The number of rotatable bonds is 13. The van der Waals surface area contributed by atoms with E-state index in [9.17, 15) is 14.4 Å². The zero-order valence-corrected chi connectivity index (χ0v) is 22.3. The summed E-state index contributed by atoms with van der Waals surface area (Å²) in [6, 6.07) is 17.0. The van der Waals surface area contributed by atoms with Gasteiger partial charge in [-0.3, -0.25) is 9.59 Å². The van der Waals surface area contributed by atoms with Crippen molar-refractivity contribution in [2.24, 2.45) is 11.8 Å². The number of benzene rings is 2. The molecular formula is C28H36N6O4. The predicted octanol–water partition coefficient (Wildman–Crippen LogP) is 3.78.